The monoisotopic (exact) mass is 346 g/mol. The molecule has 132 valence electrons. The Kier molecular flexibility index (Phi) is 4.59. The van der Waals surface area contributed by atoms with Crippen LogP contribution in [0.3, 0.4) is 0 Å². The lowest BCUT2D eigenvalue weighted by Gasteiger charge is -2.25. The molecule has 1 fully saturated rings. The number of benzene rings is 1. The van der Waals surface area contributed by atoms with Gasteiger partial charge < -0.3 is 19.7 Å². The number of carbonyl (C=O) groups is 1. The molecule has 0 radical (unpaired) electrons. The number of aromatic hydroxyl groups is 1. The van der Waals surface area contributed by atoms with Crippen molar-refractivity contribution in [3.05, 3.63) is 63.8 Å². The Balaban J connectivity index is 1.85. The van der Waals surface area contributed by atoms with Crippen molar-refractivity contribution in [3.8, 4) is 5.75 Å². The summed E-state index contributed by atoms with van der Waals surface area (Å²) in [5.74, 6) is -0.833. The van der Waals surface area contributed by atoms with E-state index in [4.69, 9.17) is 0 Å². The van der Waals surface area contributed by atoms with Crippen molar-refractivity contribution in [3.63, 3.8) is 0 Å². The zero-order valence-corrected chi connectivity index (χ0v) is 13.7. The van der Waals surface area contributed by atoms with Crippen LogP contribution in [0.25, 0.3) is 0 Å². The summed E-state index contributed by atoms with van der Waals surface area (Å²) in [6.45, 7) is 1.60. The van der Waals surface area contributed by atoms with E-state index >= 15 is 0 Å². The van der Waals surface area contributed by atoms with Crippen molar-refractivity contribution in [2.75, 3.05) is 6.54 Å². The first-order valence-corrected chi connectivity index (χ1v) is 7.98. The van der Waals surface area contributed by atoms with E-state index in [-0.39, 0.29) is 36.6 Å². The van der Waals surface area contributed by atoms with Crippen molar-refractivity contribution in [1.82, 2.24) is 9.47 Å². The Morgan fingerprint density at radius 2 is 1.96 bits per heavy atom. The summed E-state index contributed by atoms with van der Waals surface area (Å²) >= 11 is 0. The Labute approximate surface area is 143 Å². The smallest absolute Gasteiger partial charge is 0.254 e. The van der Waals surface area contributed by atoms with Gasteiger partial charge in [-0.25, -0.2) is 4.39 Å². The van der Waals surface area contributed by atoms with Crippen LogP contribution in [0, 0.1) is 12.7 Å². The van der Waals surface area contributed by atoms with Gasteiger partial charge in [-0.3, -0.25) is 9.59 Å². The Hall–Kier alpha value is -2.67. The molecule has 7 heteroatoms. The fraction of sp³-hybridized carbons (Fsp3) is 0.333. The van der Waals surface area contributed by atoms with Crippen LogP contribution >= 0.6 is 0 Å². The van der Waals surface area contributed by atoms with Crippen LogP contribution in [-0.2, 0) is 11.3 Å². The lowest BCUT2D eigenvalue weighted by atomic mass is 10.0. The highest BCUT2D eigenvalue weighted by atomic mass is 19.1. The van der Waals surface area contributed by atoms with E-state index in [9.17, 15) is 24.2 Å². The minimum absolute atomic E-state index is 0.146. The van der Waals surface area contributed by atoms with Gasteiger partial charge in [-0.1, -0.05) is 12.1 Å². The summed E-state index contributed by atoms with van der Waals surface area (Å²) in [6, 6.07) is 7.92. The fourth-order valence-electron chi connectivity index (χ4n) is 3.23. The number of halogens is 1. The zero-order valence-electron chi connectivity index (χ0n) is 13.7. The SMILES string of the molecule is Cc1cc(O)cc(=O)n1CC(=O)N1CC(O)CC1c1ccc(F)cc1. The molecule has 1 amide bonds. The molecular formula is C18H19FN2O4. The van der Waals surface area contributed by atoms with E-state index in [0.717, 1.165) is 11.6 Å². The highest BCUT2D eigenvalue weighted by Gasteiger charge is 2.35. The first-order chi connectivity index (χ1) is 11.8. The molecule has 0 spiro atoms. The molecule has 2 aromatic rings. The topological polar surface area (TPSA) is 82.8 Å². The van der Waals surface area contributed by atoms with E-state index < -0.39 is 11.7 Å². The molecule has 1 aromatic carbocycles. The third-order valence-corrected chi connectivity index (χ3v) is 4.47. The normalized spacial score (nSPS) is 20.0. The van der Waals surface area contributed by atoms with Crippen LogP contribution in [0.15, 0.2) is 41.2 Å². The molecule has 3 rings (SSSR count). The van der Waals surface area contributed by atoms with Gasteiger partial charge in [0.25, 0.3) is 5.56 Å². The lowest BCUT2D eigenvalue weighted by molar-refractivity contribution is -0.133. The number of nitrogens with zero attached hydrogens (tertiary/aromatic N) is 2. The minimum atomic E-state index is -0.670. The third-order valence-electron chi connectivity index (χ3n) is 4.47. The number of aromatic nitrogens is 1. The van der Waals surface area contributed by atoms with Gasteiger partial charge in [0.05, 0.1) is 12.1 Å². The largest absolute Gasteiger partial charge is 0.508 e. The van der Waals surface area contributed by atoms with Gasteiger partial charge in [0.1, 0.15) is 18.1 Å². The number of hydrogen-bond donors (Lipinski definition) is 2. The van der Waals surface area contributed by atoms with Crippen LogP contribution in [0.2, 0.25) is 0 Å². The van der Waals surface area contributed by atoms with E-state index in [1.807, 2.05) is 0 Å². The van der Waals surface area contributed by atoms with Crippen LogP contribution in [0.1, 0.15) is 23.7 Å². The first kappa shape index (κ1) is 17.2. The first-order valence-electron chi connectivity index (χ1n) is 7.98. The minimum Gasteiger partial charge on any atom is -0.508 e. The van der Waals surface area contributed by atoms with Crippen molar-refractivity contribution >= 4 is 5.91 Å². The second-order valence-electron chi connectivity index (χ2n) is 6.28. The predicted molar refractivity (Wildman–Crippen MR) is 88.6 cm³/mol. The summed E-state index contributed by atoms with van der Waals surface area (Å²) < 4.78 is 14.4. The second kappa shape index (κ2) is 6.68. The van der Waals surface area contributed by atoms with Gasteiger partial charge >= 0.3 is 0 Å². The molecule has 2 heterocycles. The summed E-state index contributed by atoms with van der Waals surface area (Å²) in [5.41, 5.74) is 0.737. The molecule has 1 aliphatic heterocycles. The average Bonchev–Trinajstić information content (AvgIpc) is 2.93. The summed E-state index contributed by atoms with van der Waals surface area (Å²) in [6.07, 6.45) is -0.308. The maximum absolute atomic E-state index is 13.1. The highest BCUT2D eigenvalue weighted by Crippen LogP contribution is 2.32. The number of likely N-dealkylation sites (tertiary alicyclic amines) is 1. The van der Waals surface area contributed by atoms with Gasteiger partial charge in [-0.15, -0.1) is 0 Å². The number of aliphatic hydroxyl groups excluding tert-OH is 1. The number of amides is 1. The van der Waals surface area contributed by atoms with Crippen molar-refractivity contribution in [2.24, 2.45) is 0 Å². The van der Waals surface area contributed by atoms with Gasteiger partial charge in [0.15, 0.2) is 0 Å². The molecule has 1 aromatic heterocycles. The van der Waals surface area contributed by atoms with E-state index in [0.29, 0.717) is 12.1 Å². The number of pyridine rings is 1. The van der Waals surface area contributed by atoms with Gasteiger partial charge in [-0.05, 0) is 37.1 Å². The molecule has 6 nitrogen and oxygen atoms in total. The second-order valence-corrected chi connectivity index (χ2v) is 6.28. The number of aliphatic hydroxyl groups is 1. The molecule has 2 atom stereocenters. The summed E-state index contributed by atoms with van der Waals surface area (Å²) in [4.78, 5) is 26.2. The summed E-state index contributed by atoms with van der Waals surface area (Å²) in [7, 11) is 0. The Morgan fingerprint density at radius 1 is 1.28 bits per heavy atom. The molecular weight excluding hydrogens is 327 g/mol. The molecule has 0 aliphatic carbocycles. The van der Waals surface area contributed by atoms with E-state index in [2.05, 4.69) is 0 Å². The van der Waals surface area contributed by atoms with Crippen LogP contribution < -0.4 is 5.56 Å². The number of hydrogen-bond acceptors (Lipinski definition) is 4. The molecule has 0 saturated carbocycles. The maximum atomic E-state index is 13.1. The molecule has 25 heavy (non-hydrogen) atoms. The third kappa shape index (κ3) is 3.56. The van der Waals surface area contributed by atoms with Crippen molar-refractivity contribution < 1.29 is 19.4 Å². The summed E-state index contributed by atoms with van der Waals surface area (Å²) in [5, 5.41) is 19.4. The number of carbonyl (C=O) groups excluding carboxylic acids is 1. The average molecular weight is 346 g/mol. The molecule has 1 aliphatic rings. The maximum Gasteiger partial charge on any atom is 0.254 e. The Morgan fingerprint density at radius 3 is 2.60 bits per heavy atom. The van der Waals surface area contributed by atoms with Crippen LogP contribution in [-0.4, -0.2) is 38.2 Å². The van der Waals surface area contributed by atoms with Crippen LogP contribution in [0.5, 0.6) is 5.75 Å². The van der Waals surface area contributed by atoms with Gasteiger partial charge in [0.2, 0.25) is 5.91 Å². The van der Waals surface area contributed by atoms with Gasteiger partial charge in [0, 0.05) is 18.3 Å². The standard InChI is InChI=1S/C18H19FN2O4/c1-11-6-14(22)8-17(24)20(11)10-18(25)21-9-15(23)7-16(21)12-2-4-13(19)5-3-12/h2-6,8,15-16,22-23H,7,9-10H2,1H3. The molecule has 2 N–H and O–H groups in total. The highest BCUT2D eigenvalue weighted by molar-refractivity contribution is 5.77. The molecule has 1 saturated heterocycles. The number of rotatable bonds is 3. The number of β-amino-alcohol motifs (C(OH)–C–C–N with tert-alkyl or cyclic N) is 1. The van der Waals surface area contributed by atoms with E-state index in [1.165, 1.54) is 27.7 Å². The molecule has 2 unspecified atom stereocenters. The van der Waals surface area contributed by atoms with Crippen LogP contribution in [0.4, 0.5) is 4.39 Å². The van der Waals surface area contributed by atoms with Crippen molar-refractivity contribution in [2.45, 2.75) is 32.0 Å². The molecule has 0 bridgehead atoms. The fourth-order valence-corrected chi connectivity index (χ4v) is 3.23. The number of aryl methyl sites for hydroxylation is 1. The van der Waals surface area contributed by atoms with Crippen molar-refractivity contribution in [1.29, 1.82) is 0 Å². The van der Waals surface area contributed by atoms with E-state index in [1.54, 1.807) is 19.1 Å². The predicted octanol–water partition coefficient (Wildman–Crippen LogP) is 1.34. The lowest BCUT2D eigenvalue weighted by Crippen LogP contribution is -2.37. The zero-order chi connectivity index (χ0) is 18.1. The van der Waals surface area contributed by atoms with Gasteiger partial charge in [-0.2, -0.15) is 0 Å². The Bertz CT molecular complexity index is 847. The quantitative estimate of drug-likeness (QED) is 0.879.